The van der Waals surface area contributed by atoms with Gasteiger partial charge in [-0.05, 0) is 42.7 Å². The number of ether oxygens (including phenoxy) is 1. The monoisotopic (exact) mass is 588 g/mol. The van der Waals surface area contributed by atoms with Crippen LogP contribution >= 0.6 is 15.9 Å². The number of nitro groups is 1. The number of benzene rings is 3. The second-order valence-corrected chi connectivity index (χ2v) is 10.5. The second kappa shape index (κ2) is 9.69. The molecule has 0 aromatic heterocycles. The molecule has 1 atom stereocenters. The number of rotatable bonds is 7. The molecule has 0 saturated carbocycles. The van der Waals surface area contributed by atoms with Crippen LogP contribution < -0.4 is 9.04 Å². The SMILES string of the molecule is O=[N+]([O-])c1ccccc1S(=O)(=O)N1c2cccc(Br)c2CCC1c1ccccc1OC(F)(F)C(F)F. The van der Waals surface area contributed by atoms with Crippen LogP contribution in [0.25, 0.3) is 0 Å². The van der Waals surface area contributed by atoms with Crippen molar-refractivity contribution >= 4 is 37.3 Å². The van der Waals surface area contributed by atoms with Crippen LogP contribution in [0.5, 0.6) is 5.75 Å². The van der Waals surface area contributed by atoms with Gasteiger partial charge in [-0.2, -0.15) is 17.6 Å². The van der Waals surface area contributed by atoms with Crippen molar-refractivity contribution in [1.29, 1.82) is 0 Å². The lowest BCUT2D eigenvalue weighted by Crippen LogP contribution is -2.39. The van der Waals surface area contributed by atoms with Gasteiger partial charge in [0.2, 0.25) is 0 Å². The fourth-order valence-corrected chi connectivity index (χ4v) is 6.53. The quantitative estimate of drug-likeness (QED) is 0.179. The minimum atomic E-state index is -4.83. The zero-order chi connectivity index (χ0) is 26.3. The Labute approximate surface area is 211 Å². The van der Waals surface area contributed by atoms with Crippen LogP contribution in [0.1, 0.15) is 23.6 Å². The Morgan fingerprint density at radius 3 is 2.42 bits per heavy atom. The van der Waals surface area contributed by atoms with Gasteiger partial charge < -0.3 is 4.74 Å². The number of nitrogens with zero attached hydrogens (tertiary/aromatic N) is 2. The fraction of sp³-hybridized carbons (Fsp3) is 0.217. The molecule has 0 N–H and O–H groups in total. The Hall–Kier alpha value is -3.19. The average molecular weight is 589 g/mol. The number of alkyl halides is 4. The molecule has 0 radical (unpaired) electrons. The van der Waals surface area contributed by atoms with Crippen LogP contribution in [-0.2, 0) is 16.4 Å². The van der Waals surface area contributed by atoms with Gasteiger partial charge in [-0.3, -0.25) is 14.4 Å². The van der Waals surface area contributed by atoms with E-state index in [9.17, 15) is 36.1 Å². The van der Waals surface area contributed by atoms with Crippen LogP contribution in [-0.4, -0.2) is 25.9 Å². The highest BCUT2D eigenvalue weighted by molar-refractivity contribution is 9.10. The Kier molecular flexibility index (Phi) is 6.97. The first-order valence-electron chi connectivity index (χ1n) is 10.4. The van der Waals surface area contributed by atoms with Gasteiger partial charge in [-0.25, -0.2) is 8.42 Å². The van der Waals surface area contributed by atoms with Gasteiger partial charge >= 0.3 is 12.5 Å². The summed E-state index contributed by atoms with van der Waals surface area (Å²) in [5.74, 6) is -0.631. The predicted octanol–water partition coefficient (Wildman–Crippen LogP) is 6.48. The number of fused-ring (bicyclic) bond motifs is 1. The topological polar surface area (TPSA) is 89.8 Å². The minimum Gasteiger partial charge on any atom is -0.428 e. The van der Waals surface area contributed by atoms with Crippen molar-refractivity contribution in [2.75, 3.05) is 4.31 Å². The van der Waals surface area contributed by atoms with Gasteiger partial charge in [0.1, 0.15) is 5.75 Å². The summed E-state index contributed by atoms with van der Waals surface area (Å²) in [6.45, 7) is 0. The first-order valence-corrected chi connectivity index (χ1v) is 12.7. The predicted molar refractivity (Wildman–Crippen MR) is 126 cm³/mol. The van der Waals surface area contributed by atoms with E-state index in [1.807, 2.05) is 0 Å². The maximum atomic E-state index is 14.0. The van der Waals surface area contributed by atoms with E-state index in [2.05, 4.69) is 20.7 Å². The molecule has 1 aliphatic rings. The number of anilines is 1. The molecule has 1 unspecified atom stereocenters. The summed E-state index contributed by atoms with van der Waals surface area (Å²) in [5, 5.41) is 11.6. The molecule has 0 spiro atoms. The molecule has 36 heavy (non-hydrogen) atoms. The van der Waals surface area contributed by atoms with Gasteiger partial charge in [-0.1, -0.05) is 52.3 Å². The molecule has 1 heterocycles. The molecule has 3 aromatic carbocycles. The van der Waals surface area contributed by atoms with Gasteiger partial charge in [-0.15, -0.1) is 0 Å². The second-order valence-electron chi connectivity index (χ2n) is 7.82. The number of nitro benzene ring substituents is 1. The highest BCUT2D eigenvalue weighted by Crippen LogP contribution is 2.47. The molecule has 0 bridgehead atoms. The number of halogens is 5. The molecule has 190 valence electrons. The fourth-order valence-electron chi connectivity index (χ4n) is 4.12. The molecule has 7 nitrogen and oxygen atoms in total. The van der Waals surface area contributed by atoms with Crippen molar-refractivity contribution in [3.05, 3.63) is 92.4 Å². The first kappa shape index (κ1) is 25.9. The summed E-state index contributed by atoms with van der Waals surface area (Å²) in [5.41, 5.74) is -0.0285. The Morgan fingerprint density at radius 1 is 1.06 bits per heavy atom. The van der Waals surface area contributed by atoms with Crippen molar-refractivity contribution in [2.45, 2.75) is 36.3 Å². The van der Waals surface area contributed by atoms with E-state index in [-0.39, 0.29) is 17.7 Å². The lowest BCUT2D eigenvalue weighted by molar-refractivity contribution is -0.387. The Morgan fingerprint density at radius 2 is 1.72 bits per heavy atom. The Bertz CT molecular complexity index is 1420. The molecule has 0 amide bonds. The summed E-state index contributed by atoms with van der Waals surface area (Å²) in [4.78, 5) is 10.2. The van der Waals surface area contributed by atoms with Crippen LogP contribution in [0, 0.1) is 10.1 Å². The van der Waals surface area contributed by atoms with Crippen molar-refractivity contribution in [1.82, 2.24) is 0 Å². The molecule has 0 aliphatic carbocycles. The lowest BCUT2D eigenvalue weighted by atomic mass is 9.93. The normalized spacial score (nSPS) is 16.1. The first-order chi connectivity index (χ1) is 16.9. The summed E-state index contributed by atoms with van der Waals surface area (Å²) in [6, 6.07) is 13.3. The van der Waals surface area contributed by atoms with Crippen molar-refractivity contribution < 1.29 is 35.6 Å². The van der Waals surface area contributed by atoms with E-state index >= 15 is 0 Å². The van der Waals surface area contributed by atoms with Crippen LogP contribution in [0.2, 0.25) is 0 Å². The van der Waals surface area contributed by atoms with Gasteiger partial charge in [0.25, 0.3) is 15.7 Å². The van der Waals surface area contributed by atoms with Crippen LogP contribution in [0.15, 0.2) is 76.1 Å². The third-order valence-corrected chi connectivity index (χ3v) is 8.27. The summed E-state index contributed by atoms with van der Waals surface area (Å²) in [6.07, 6.45) is -8.60. The van der Waals surface area contributed by atoms with Crippen molar-refractivity contribution in [2.24, 2.45) is 0 Å². The molecular formula is C23H17BrF4N2O5S. The van der Waals surface area contributed by atoms with E-state index in [1.54, 1.807) is 12.1 Å². The van der Waals surface area contributed by atoms with E-state index in [1.165, 1.54) is 36.4 Å². The zero-order valence-corrected chi connectivity index (χ0v) is 20.6. The van der Waals surface area contributed by atoms with Crippen LogP contribution in [0.3, 0.4) is 0 Å². The summed E-state index contributed by atoms with van der Waals surface area (Å²) < 4.78 is 87.2. The van der Waals surface area contributed by atoms with Gasteiger partial charge in [0.15, 0.2) is 4.90 Å². The Balaban J connectivity index is 1.94. The van der Waals surface area contributed by atoms with Crippen molar-refractivity contribution in [3.63, 3.8) is 0 Å². The van der Waals surface area contributed by atoms with E-state index in [4.69, 9.17) is 0 Å². The van der Waals surface area contributed by atoms with Gasteiger partial charge in [0, 0.05) is 16.1 Å². The summed E-state index contributed by atoms with van der Waals surface area (Å²) >= 11 is 3.38. The molecule has 13 heteroatoms. The van der Waals surface area contributed by atoms with Gasteiger partial charge in [0.05, 0.1) is 16.7 Å². The number of para-hydroxylation sites is 2. The van der Waals surface area contributed by atoms with E-state index in [0.29, 0.717) is 16.5 Å². The third kappa shape index (κ3) is 4.64. The molecule has 0 fully saturated rings. The highest BCUT2D eigenvalue weighted by atomic mass is 79.9. The average Bonchev–Trinajstić information content (AvgIpc) is 2.83. The van der Waals surface area contributed by atoms with E-state index in [0.717, 1.165) is 22.5 Å². The third-order valence-electron chi connectivity index (χ3n) is 5.66. The minimum absolute atomic E-state index is 0.0517. The smallest absolute Gasteiger partial charge is 0.428 e. The van der Waals surface area contributed by atoms with E-state index < -0.39 is 49.9 Å². The number of hydrogen-bond donors (Lipinski definition) is 0. The standard InChI is InChI=1S/C23H17BrF4N2O5S/c24-16-7-5-9-17-14(16)12-13-18(15-6-1-3-10-20(15)35-23(27,28)22(25)26)29(17)36(33,34)21-11-4-2-8-19(21)30(31)32/h1-11,18,22H,12-13H2. The largest absolute Gasteiger partial charge is 0.461 e. The highest BCUT2D eigenvalue weighted by Gasteiger charge is 2.46. The maximum absolute atomic E-state index is 14.0. The number of sulfonamides is 1. The van der Waals surface area contributed by atoms with Crippen LogP contribution in [0.4, 0.5) is 28.9 Å². The molecule has 4 rings (SSSR count). The molecule has 3 aromatic rings. The zero-order valence-electron chi connectivity index (χ0n) is 18.2. The molecule has 1 aliphatic heterocycles. The lowest BCUT2D eigenvalue weighted by Gasteiger charge is -2.39. The number of hydrogen-bond acceptors (Lipinski definition) is 5. The molecular weight excluding hydrogens is 572 g/mol. The molecule has 0 saturated heterocycles. The summed E-state index contributed by atoms with van der Waals surface area (Å²) in [7, 11) is -4.66. The van der Waals surface area contributed by atoms with Crippen molar-refractivity contribution in [3.8, 4) is 5.75 Å². The maximum Gasteiger partial charge on any atom is 0.461 e.